The molecule has 5 heteroatoms. The van der Waals surface area contributed by atoms with Gasteiger partial charge in [0.25, 0.3) is 0 Å². The standard InChI is InChI=1S/C13H18NO3S/c1-10(2)8-12(9-15)14-18(16,17)13-6-4-11(3)5-7-13/h4-7,10,12,14H,8H2,1-3H3/t12-/m0/s1. The zero-order chi connectivity index (χ0) is 13.8. The number of carbonyl (C=O) groups excluding carboxylic acids is 1. The number of benzene rings is 1. The molecule has 0 saturated carbocycles. The van der Waals surface area contributed by atoms with E-state index in [-0.39, 0.29) is 10.8 Å². The third kappa shape index (κ3) is 4.23. The lowest BCUT2D eigenvalue weighted by atomic mass is 10.1. The first kappa shape index (κ1) is 14.9. The summed E-state index contributed by atoms with van der Waals surface area (Å²) in [4.78, 5) is 10.9. The van der Waals surface area contributed by atoms with Gasteiger partial charge in [0.1, 0.15) is 0 Å². The number of rotatable bonds is 6. The summed E-state index contributed by atoms with van der Waals surface area (Å²) in [6.45, 7) is 5.72. The van der Waals surface area contributed by atoms with Crippen LogP contribution in [0.1, 0.15) is 25.8 Å². The van der Waals surface area contributed by atoms with Crippen LogP contribution in [-0.2, 0) is 14.8 Å². The third-order valence-corrected chi connectivity index (χ3v) is 3.97. The van der Waals surface area contributed by atoms with Gasteiger partial charge in [0.15, 0.2) is 0 Å². The van der Waals surface area contributed by atoms with Crippen LogP contribution in [0.2, 0.25) is 0 Å². The predicted octanol–water partition coefficient (Wildman–Crippen LogP) is 1.80. The minimum absolute atomic E-state index is 0.164. The molecule has 99 valence electrons. The second kappa shape index (κ2) is 6.11. The Morgan fingerprint density at radius 2 is 1.78 bits per heavy atom. The molecule has 1 radical (unpaired) electrons. The topological polar surface area (TPSA) is 63.2 Å². The Hall–Kier alpha value is -1.20. The van der Waals surface area contributed by atoms with Gasteiger partial charge < -0.3 is 0 Å². The molecule has 4 nitrogen and oxygen atoms in total. The maximum atomic E-state index is 12.0. The highest BCUT2D eigenvalue weighted by Crippen LogP contribution is 2.12. The molecule has 18 heavy (non-hydrogen) atoms. The molecule has 1 N–H and O–H groups in total. The van der Waals surface area contributed by atoms with E-state index < -0.39 is 16.1 Å². The van der Waals surface area contributed by atoms with Crippen molar-refractivity contribution in [2.75, 3.05) is 0 Å². The number of hydrogen-bond acceptors (Lipinski definition) is 3. The van der Waals surface area contributed by atoms with Crippen LogP contribution in [0.15, 0.2) is 29.2 Å². The van der Waals surface area contributed by atoms with Crippen molar-refractivity contribution in [3.63, 3.8) is 0 Å². The van der Waals surface area contributed by atoms with Crippen molar-refractivity contribution in [3.05, 3.63) is 29.8 Å². The maximum Gasteiger partial charge on any atom is 0.241 e. The SMILES string of the molecule is Cc1ccc(S(=O)(=O)N[C@H]([C]=O)CC(C)C)cc1. The van der Waals surface area contributed by atoms with E-state index in [1.54, 1.807) is 18.4 Å². The number of sulfonamides is 1. The fourth-order valence-electron chi connectivity index (χ4n) is 1.56. The Morgan fingerprint density at radius 1 is 1.22 bits per heavy atom. The molecule has 0 aliphatic heterocycles. The largest absolute Gasteiger partial charge is 0.289 e. The Bertz CT molecular complexity index is 491. The first-order chi connectivity index (χ1) is 8.35. The van der Waals surface area contributed by atoms with Crippen LogP contribution in [0, 0.1) is 12.8 Å². The lowest BCUT2D eigenvalue weighted by molar-refractivity contribution is 0.483. The molecule has 1 atom stereocenters. The maximum absolute atomic E-state index is 12.0. The van der Waals surface area contributed by atoms with Gasteiger partial charge in [0, 0.05) is 0 Å². The summed E-state index contributed by atoms with van der Waals surface area (Å²) in [6, 6.07) is 5.69. The summed E-state index contributed by atoms with van der Waals surface area (Å²) < 4.78 is 26.4. The van der Waals surface area contributed by atoms with Gasteiger partial charge in [0.05, 0.1) is 10.9 Å². The van der Waals surface area contributed by atoms with E-state index in [4.69, 9.17) is 0 Å². The molecule has 0 fully saturated rings. The summed E-state index contributed by atoms with van der Waals surface area (Å²) in [5, 5.41) is 0. The Balaban J connectivity index is 2.86. The molecule has 1 aromatic carbocycles. The lowest BCUT2D eigenvalue weighted by Gasteiger charge is -2.14. The Labute approximate surface area is 108 Å². The first-order valence-electron chi connectivity index (χ1n) is 5.82. The van der Waals surface area contributed by atoms with Crippen LogP contribution in [0.25, 0.3) is 0 Å². The van der Waals surface area contributed by atoms with Gasteiger partial charge in [-0.1, -0.05) is 31.5 Å². The van der Waals surface area contributed by atoms with Crippen molar-refractivity contribution in [3.8, 4) is 0 Å². The highest BCUT2D eigenvalue weighted by Gasteiger charge is 2.20. The van der Waals surface area contributed by atoms with E-state index in [0.717, 1.165) is 5.56 Å². The second-order valence-corrected chi connectivity index (χ2v) is 6.45. The summed E-state index contributed by atoms with van der Waals surface area (Å²) in [7, 11) is -3.65. The predicted molar refractivity (Wildman–Crippen MR) is 70.4 cm³/mol. The zero-order valence-electron chi connectivity index (χ0n) is 10.8. The monoisotopic (exact) mass is 268 g/mol. The van der Waals surface area contributed by atoms with Gasteiger partial charge in [-0.3, -0.25) is 4.79 Å². The van der Waals surface area contributed by atoms with Crippen LogP contribution in [0.4, 0.5) is 0 Å². The molecule has 0 spiro atoms. The minimum atomic E-state index is -3.65. The van der Waals surface area contributed by atoms with E-state index in [9.17, 15) is 13.2 Å². The first-order valence-corrected chi connectivity index (χ1v) is 7.30. The van der Waals surface area contributed by atoms with Crippen molar-refractivity contribution < 1.29 is 13.2 Å². The molecule has 0 bridgehead atoms. The van der Waals surface area contributed by atoms with Crippen molar-refractivity contribution in [2.24, 2.45) is 5.92 Å². The quantitative estimate of drug-likeness (QED) is 0.855. The lowest BCUT2D eigenvalue weighted by Crippen LogP contribution is -2.36. The van der Waals surface area contributed by atoms with Crippen LogP contribution < -0.4 is 4.72 Å². The summed E-state index contributed by atoms with van der Waals surface area (Å²) in [5.41, 5.74) is 0.981. The fraction of sp³-hybridized carbons (Fsp3) is 0.462. The van der Waals surface area contributed by atoms with Crippen molar-refractivity contribution in [1.29, 1.82) is 0 Å². The van der Waals surface area contributed by atoms with Crippen molar-refractivity contribution in [1.82, 2.24) is 4.72 Å². The van der Waals surface area contributed by atoms with E-state index >= 15 is 0 Å². The minimum Gasteiger partial charge on any atom is -0.289 e. The summed E-state index contributed by atoms with van der Waals surface area (Å²) in [6.07, 6.45) is 2.17. The van der Waals surface area contributed by atoms with Gasteiger partial charge in [-0.2, -0.15) is 0 Å². The molecule has 1 aromatic rings. The van der Waals surface area contributed by atoms with E-state index in [0.29, 0.717) is 6.42 Å². The molecule has 0 amide bonds. The highest BCUT2D eigenvalue weighted by molar-refractivity contribution is 7.89. The van der Waals surface area contributed by atoms with Gasteiger partial charge in [-0.05, 0) is 31.4 Å². The number of nitrogens with one attached hydrogen (secondary N) is 1. The normalized spacial score (nSPS) is 13.6. The summed E-state index contributed by atoms with van der Waals surface area (Å²) >= 11 is 0. The van der Waals surface area contributed by atoms with Crippen LogP contribution in [-0.4, -0.2) is 20.7 Å². The Kier molecular flexibility index (Phi) is 5.04. The molecule has 0 aromatic heterocycles. The van der Waals surface area contributed by atoms with Gasteiger partial charge in [-0.15, -0.1) is 0 Å². The van der Waals surface area contributed by atoms with Crippen LogP contribution in [0.3, 0.4) is 0 Å². The fourth-order valence-corrected chi connectivity index (χ4v) is 2.71. The van der Waals surface area contributed by atoms with Crippen LogP contribution in [0.5, 0.6) is 0 Å². The van der Waals surface area contributed by atoms with Crippen molar-refractivity contribution in [2.45, 2.75) is 38.1 Å². The third-order valence-electron chi connectivity index (χ3n) is 2.48. The highest BCUT2D eigenvalue weighted by atomic mass is 32.2. The van der Waals surface area contributed by atoms with Crippen LogP contribution >= 0.6 is 0 Å². The van der Waals surface area contributed by atoms with Gasteiger partial charge >= 0.3 is 0 Å². The van der Waals surface area contributed by atoms with Gasteiger partial charge in [0.2, 0.25) is 16.3 Å². The molecule has 0 aliphatic carbocycles. The number of hydrogen-bond donors (Lipinski definition) is 1. The molecule has 0 heterocycles. The molecule has 0 saturated heterocycles. The van der Waals surface area contributed by atoms with E-state index in [1.165, 1.54) is 12.1 Å². The Morgan fingerprint density at radius 3 is 2.22 bits per heavy atom. The zero-order valence-corrected chi connectivity index (χ0v) is 11.6. The smallest absolute Gasteiger partial charge is 0.241 e. The molecular formula is C13H18NO3S. The number of aryl methyl sites for hydroxylation is 1. The van der Waals surface area contributed by atoms with Gasteiger partial charge in [-0.25, -0.2) is 13.1 Å². The average Bonchev–Trinajstić information content (AvgIpc) is 2.27. The molecule has 0 aliphatic rings. The molecule has 1 rings (SSSR count). The summed E-state index contributed by atoms with van der Waals surface area (Å²) in [5.74, 6) is 0.220. The van der Waals surface area contributed by atoms with Crippen molar-refractivity contribution >= 4 is 16.3 Å². The molecule has 0 unspecified atom stereocenters. The average molecular weight is 268 g/mol. The molecular weight excluding hydrogens is 250 g/mol. The second-order valence-electron chi connectivity index (χ2n) is 4.73. The van der Waals surface area contributed by atoms with E-state index in [1.807, 2.05) is 20.8 Å². The van der Waals surface area contributed by atoms with E-state index in [2.05, 4.69) is 4.72 Å².